The topological polar surface area (TPSA) is 79.5 Å². The van der Waals surface area contributed by atoms with Gasteiger partial charge in [-0.3, -0.25) is 9.59 Å². The zero-order valence-electron chi connectivity index (χ0n) is 19.6. The molecule has 0 aliphatic carbocycles. The van der Waals surface area contributed by atoms with E-state index in [2.05, 4.69) is 33.0 Å². The number of unbranched alkanes of at least 4 members (excludes halogenated alkanes) is 1. The van der Waals surface area contributed by atoms with Gasteiger partial charge in [0.05, 0.1) is 0 Å². The Kier molecular flexibility index (Phi) is 8.57. The summed E-state index contributed by atoms with van der Waals surface area (Å²) in [5.41, 5.74) is 1.31. The number of halogens is 2. The Balaban J connectivity index is 1.52. The number of aromatic nitrogens is 2. The predicted octanol–water partition coefficient (Wildman–Crippen LogP) is 6.15. The minimum Gasteiger partial charge on any atom is -0.337 e. The number of rotatable bonds is 8. The van der Waals surface area contributed by atoms with Crippen LogP contribution >= 0.6 is 27.5 Å². The molecule has 1 unspecified atom stereocenters. The maximum atomic E-state index is 13.5. The van der Waals surface area contributed by atoms with Gasteiger partial charge in [0.25, 0.3) is 5.91 Å². The van der Waals surface area contributed by atoms with Crippen molar-refractivity contribution in [1.82, 2.24) is 19.9 Å². The van der Waals surface area contributed by atoms with Crippen molar-refractivity contribution in [3.05, 3.63) is 69.5 Å². The highest BCUT2D eigenvalue weighted by Crippen LogP contribution is 2.32. The van der Waals surface area contributed by atoms with Gasteiger partial charge in [-0.15, -0.1) is 0 Å². The molecule has 1 atom stereocenters. The lowest BCUT2D eigenvalue weighted by Gasteiger charge is -2.35. The maximum Gasteiger partial charge on any atom is 0.254 e. The van der Waals surface area contributed by atoms with Crippen LogP contribution < -0.4 is 0 Å². The molecule has 4 rings (SSSR count). The van der Waals surface area contributed by atoms with E-state index in [1.807, 2.05) is 24.3 Å². The van der Waals surface area contributed by atoms with Crippen molar-refractivity contribution in [1.29, 1.82) is 0 Å². The van der Waals surface area contributed by atoms with E-state index < -0.39 is 0 Å². The summed E-state index contributed by atoms with van der Waals surface area (Å²) in [6.45, 7) is 3.19. The first-order valence-electron chi connectivity index (χ1n) is 11.9. The van der Waals surface area contributed by atoms with Crippen molar-refractivity contribution in [3.8, 4) is 11.4 Å². The highest BCUT2D eigenvalue weighted by molar-refractivity contribution is 9.10. The van der Waals surface area contributed by atoms with Crippen LogP contribution in [0.3, 0.4) is 0 Å². The Hall–Kier alpha value is -2.71. The van der Waals surface area contributed by atoms with Crippen molar-refractivity contribution in [2.45, 2.75) is 45.1 Å². The van der Waals surface area contributed by atoms with Crippen molar-refractivity contribution < 1.29 is 14.1 Å². The zero-order chi connectivity index (χ0) is 24.8. The van der Waals surface area contributed by atoms with Gasteiger partial charge in [-0.25, -0.2) is 0 Å². The van der Waals surface area contributed by atoms with Crippen LogP contribution in [0.5, 0.6) is 0 Å². The molecule has 0 radical (unpaired) electrons. The lowest BCUT2D eigenvalue weighted by molar-refractivity contribution is -0.136. The first-order chi connectivity index (χ1) is 17.0. The second kappa shape index (κ2) is 11.8. The van der Waals surface area contributed by atoms with Crippen LogP contribution in [0.1, 0.15) is 61.3 Å². The molecule has 184 valence electrons. The molecule has 1 fully saturated rings. The van der Waals surface area contributed by atoms with E-state index in [-0.39, 0.29) is 24.4 Å². The predicted molar refractivity (Wildman–Crippen MR) is 138 cm³/mol. The lowest BCUT2D eigenvalue weighted by Crippen LogP contribution is -2.46. The zero-order valence-corrected chi connectivity index (χ0v) is 22.0. The molecule has 2 aromatic carbocycles. The van der Waals surface area contributed by atoms with Gasteiger partial charge >= 0.3 is 0 Å². The summed E-state index contributed by atoms with van der Waals surface area (Å²) in [5.74, 6) is 0.584. The van der Waals surface area contributed by atoms with E-state index in [0.717, 1.165) is 42.1 Å². The SMILES string of the molecule is CCCCN(CC(=O)N1CCCCC1c1nc(-c2cccc(Cl)c2)no1)C(=O)c1cccc(Br)c1. The summed E-state index contributed by atoms with van der Waals surface area (Å²) < 4.78 is 6.42. The Labute approximate surface area is 218 Å². The summed E-state index contributed by atoms with van der Waals surface area (Å²) in [4.78, 5) is 34.7. The van der Waals surface area contributed by atoms with Crippen molar-refractivity contribution in [3.63, 3.8) is 0 Å². The van der Waals surface area contributed by atoms with E-state index in [1.54, 1.807) is 34.1 Å². The lowest BCUT2D eigenvalue weighted by atomic mass is 10.0. The maximum absolute atomic E-state index is 13.5. The third-order valence-electron chi connectivity index (χ3n) is 6.10. The van der Waals surface area contributed by atoms with E-state index in [9.17, 15) is 9.59 Å². The van der Waals surface area contributed by atoms with E-state index in [4.69, 9.17) is 16.1 Å². The molecule has 7 nitrogen and oxygen atoms in total. The van der Waals surface area contributed by atoms with Gasteiger partial charge in [-0.05, 0) is 56.0 Å². The van der Waals surface area contributed by atoms with Crippen LogP contribution in [-0.4, -0.2) is 51.4 Å². The molecule has 0 spiro atoms. The summed E-state index contributed by atoms with van der Waals surface area (Å²) in [6, 6.07) is 14.2. The number of hydrogen-bond donors (Lipinski definition) is 0. The fraction of sp³-hybridized carbons (Fsp3) is 0.385. The van der Waals surface area contributed by atoms with Gasteiger partial charge in [0.15, 0.2) is 0 Å². The molecule has 0 saturated carbocycles. The molecule has 1 aliphatic rings. The summed E-state index contributed by atoms with van der Waals surface area (Å²) in [7, 11) is 0. The van der Waals surface area contributed by atoms with E-state index in [1.165, 1.54) is 0 Å². The van der Waals surface area contributed by atoms with Gasteiger partial charge in [0, 0.05) is 33.7 Å². The van der Waals surface area contributed by atoms with Crippen LogP contribution in [0.15, 0.2) is 57.5 Å². The largest absolute Gasteiger partial charge is 0.337 e. The third-order valence-corrected chi connectivity index (χ3v) is 6.83. The molecule has 0 bridgehead atoms. The standard InChI is InChI=1S/C26H28BrClN4O3/c1-2-3-13-31(26(34)19-9-6-10-20(27)15-19)17-23(33)32-14-5-4-12-22(32)25-29-24(30-35-25)18-8-7-11-21(28)16-18/h6-11,15-16,22H,2-5,12-14,17H2,1H3. The van der Waals surface area contributed by atoms with Gasteiger partial charge in [-0.1, -0.05) is 64.2 Å². The molecule has 0 N–H and O–H groups in total. The highest BCUT2D eigenvalue weighted by atomic mass is 79.9. The van der Waals surface area contributed by atoms with Gasteiger partial charge in [0.2, 0.25) is 17.6 Å². The molecular formula is C26H28BrClN4O3. The molecule has 1 aromatic heterocycles. The number of carbonyl (C=O) groups is 2. The molecule has 2 heterocycles. The van der Waals surface area contributed by atoms with Gasteiger partial charge in [0.1, 0.15) is 12.6 Å². The van der Waals surface area contributed by atoms with E-state index >= 15 is 0 Å². The Morgan fingerprint density at radius 2 is 2.03 bits per heavy atom. The third kappa shape index (κ3) is 6.30. The van der Waals surface area contributed by atoms with Crippen molar-refractivity contribution in [2.75, 3.05) is 19.6 Å². The summed E-state index contributed by atoms with van der Waals surface area (Å²) >= 11 is 9.53. The number of piperidine rings is 1. The van der Waals surface area contributed by atoms with Crippen molar-refractivity contribution in [2.24, 2.45) is 0 Å². The number of likely N-dealkylation sites (tertiary alicyclic amines) is 1. The second-order valence-corrected chi connectivity index (χ2v) is 10.0. The minimum absolute atomic E-state index is 0.0110. The van der Waals surface area contributed by atoms with Crippen molar-refractivity contribution >= 4 is 39.3 Å². The first kappa shape index (κ1) is 25.4. The average Bonchev–Trinajstić information content (AvgIpc) is 3.36. The van der Waals surface area contributed by atoms with Crippen LogP contribution in [0, 0.1) is 0 Å². The number of amides is 2. The molecule has 1 aliphatic heterocycles. The molecule has 9 heteroatoms. The molecule has 1 saturated heterocycles. The fourth-order valence-electron chi connectivity index (χ4n) is 4.26. The van der Waals surface area contributed by atoms with Crippen LogP contribution in [0.25, 0.3) is 11.4 Å². The number of carbonyl (C=O) groups excluding carboxylic acids is 2. The molecule has 35 heavy (non-hydrogen) atoms. The minimum atomic E-state index is -0.314. The first-order valence-corrected chi connectivity index (χ1v) is 13.1. The van der Waals surface area contributed by atoms with Gasteiger partial charge in [-0.2, -0.15) is 4.98 Å². The summed E-state index contributed by atoms with van der Waals surface area (Å²) in [5, 5.41) is 4.71. The molecule has 3 aromatic rings. The Bertz CT molecular complexity index is 1180. The fourth-order valence-corrected chi connectivity index (χ4v) is 4.85. The van der Waals surface area contributed by atoms with Crippen LogP contribution in [-0.2, 0) is 4.79 Å². The van der Waals surface area contributed by atoms with Gasteiger partial charge < -0.3 is 14.3 Å². The summed E-state index contributed by atoms with van der Waals surface area (Å²) in [6.07, 6.45) is 4.34. The number of nitrogens with zero attached hydrogens (tertiary/aromatic N) is 4. The number of hydrogen-bond acceptors (Lipinski definition) is 5. The highest BCUT2D eigenvalue weighted by Gasteiger charge is 2.33. The average molecular weight is 560 g/mol. The van der Waals surface area contributed by atoms with E-state index in [0.29, 0.717) is 35.4 Å². The Morgan fingerprint density at radius 1 is 1.20 bits per heavy atom. The molecule has 2 amide bonds. The quantitative estimate of drug-likeness (QED) is 0.331. The number of benzene rings is 2. The smallest absolute Gasteiger partial charge is 0.254 e. The molecular weight excluding hydrogens is 532 g/mol. The normalized spacial score (nSPS) is 15.7. The second-order valence-electron chi connectivity index (χ2n) is 8.66. The Morgan fingerprint density at radius 3 is 2.80 bits per heavy atom. The van der Waals surface area contributed by atoms with Crippen LogP contribution in [0.4, 0.5) is 0 Å². The monoisotopic (exact) mass is 558 g/mol. The van der Waals surface area contributed by atoms with Crippen LogP contribution in [0.2, 0.25) is 5.02 Å².